The number of aryl methyl sites for hydroxylation is 1. The minimum atomic E-state index is -4.10. The summed E-state index contributed by atoms with van der Waals surface area (Å²) in [6.07, 6.45) is -2.80. The molecule has 0 aliphatic rings. The van der Waals surface area contributed by atoms with Crippen LogP contribution in [0.4, 0.5) is 13.2 Å². The standard InChI is InChI=1S/C11H15F3N2O2S/c1-8-6-9(12)2-3-10(8)19(17,18)16(5-4-15)7-11(13)14/h2-3,6,11H,4-5,7,15H2,1H3. The normalized spacial score (nSPS) is 12.4. The van der Waals surface area contributed by atoms with Crippen molar-refractivity contribution in [2.75, 3.05) is 19.6 Å². The number of sulfonamides is 1. The van der Waals surface area contributed by atoms with Crippen molar-refractivity contribution in [1.82, 2.24) is 4.31 Å². The summed E-state index contributed by atoms with van der Waals surface area (Å²) in [4.78, 5) is -0.192. The third-order valence-corrected chi connectivity index (χ3v) is 4.50. The average molecular weight is 296 g/mol. The van der Waals surface area contributed by atoms with E-state index in [1.807, 2.05) is 0 Å². The van der Waals surface area contributed by atoms with Crippen molar-refractivity contribution in [2.45, 2.75) is 18.2 Å². The van der Waals surface area contributed by atoms with Gasteiger partial charge in [0, 0.05) is 13.1 Å². The average Bonchev–Trinajstić information content (AvgIpc) is 2.27. The summed E-state index contributed by atoms with van der Waals surface area (Å²) in [7, 11) is -4.10. The summed E-state index contributed by atoms with van der Waals surface area (Å²) in [5.74, 6) is -0.587. The minimum absolute atomic E-state index is 0.0772. The topological polar surface area (TPSA) is 63.4 Å². The van der Waals surface area contributed by atoms with Crippen LogP contribution in [-0.2, 0) is 10.0 Å². The van der Waals surface area contributed by atoms with Gasteiger partial charge in [-0.25, -0.2) is 21.6 Å². The van der Waals surface area contributed by atoms with Gasteiger partial charge < -0.3 is 5.73 Å². The van der Waals surface area contributed by atoms with Crippen LogP contribution in [0.1, 0.15) is 5.56 Å². The minimum Gasteiger partial charge on any atom is -0.329 e. The number of hydrogen-bond donors (Lipinski definition) is 1. The smallest absolute Gasteiger partial charge is 0.252 e. The molecular weight excluding hydrogens is 281 g/mol. The molecule has 1 aromatic rings. The summed E-state index contributed by atoms with van der Waals surface area (Å²) in [6, 6.07) is 3.08. The molecule has 0 aliphatic heterocycles. The fourth-order valence-electron chi connectivity index (χ4n) is 1.65. The van der Waals surface area contributed by atoms with Gasteiger partial charge in [-0.2, -0.15) is 4.31 Å². The Morgan fingerprint density at radius 2 is 2.00 bits per heavy atom. The summed E-state index contributed by atoms with van der Waals surface area (Å²) in [6.45, 7) is 0.172. The maximum absolute atomic E-state index is 12.9. The predicted molar refractivity (Wildman–Crippen MR) is 65.0 cm³/mol. The molecule has 108 valence electrons. The van der Waals surface area contributed by atoms with Gasteiger partial charge in [-0.1, -0.05) is 0 Å². The molecule has 0 radical (unpaired) electrons. The Hall–Kier alpha value is -1.12. The lowest BCUT2D eigenvalue weighted by Gasteiger charge is -2.22. The molecule has 0 saturated heterocycles. The molecule has 8 heteroatoms. The van der Waals surface area contributed by atoms with E-state index in [0.717, 1.165) is 18.2 Å². The fraction of sp³-hybridized carbons (Fsp3) is 0.455. The van der Waals surface area contributed by atoms with E-state index in [2.05, 4.69) is 0 Å². The highest BCUT2D eigenvalue weighted by Crippen LogP contribution is 2.21. The SMILES string of the molecule is Cc1cc(F)ccc1S(=O)(=O)N(CCN)CC(F)F. The van der Waals surface area contributed by atoms with E-state index in [0.29, 0.717) is 4.31 Å². The number of nitrogens with two attached hydrogens (primary N) is 1. The molecule has 0 bridgehead atoms. The zero-order valence-corrected chi connectivity index (χ0v) is 11.1. The number of nitrogens with zero attached hydrogens (tertiary/aromatic N) is 1. The summed E-state index contributed by atoms with van der Waals surface area (Å²) >= 11 is 0. The van der Waals surface area contributed by atoms with Gasteiger partial charge in [-0.3, -0.25) is 0 Å². The lowest BCUT2D eigenvalue weighted by Crippen LogP contribution is -2.38. The molecular formula is C11H15F3N2O2S. The van der Waals surface area contributed by atoms with Crippen LogP contribution in [0.5, 0.6) is 0 Å². The molecule has 0 fully saturated rings. The third kappa shape index (κ3) is 3.92. The second-order valence-corrected chi connectivity index (χ2v) is 5.86. The van der Waals surface area contributed by atoms with Crippen LogP contribution in [0.2, 0.25) is 0 Å². The van der Waals surface area contributed by atoms with E-state index in [1.165, 1.54) is 6.92 Å². The van der Waals surface area contributed by atoms with E-state index >= 15 is 0 Å². The van der Waals surface area contributed by atoms with Gasteiger partial charge in [0.1, 0.15) is 5.82 Å². The second kappa shape index (κ2) is 6.36. The van der Waals surface area contributed by atoms with E-state index in [4.69, 9.17) is 5.73 Å². The first-order valence-corrected chi connectivity index (χ1v) is 6.97. The van der Waals surface area contributed by atoms with Crippen molar-refractivity contribution < 1.29 is 21.6 Å². The van der Waals surface area contributed by atoms with Crippen LogP contribution in [0.25, 0.3) is 0 Å². The third-order valence-electron chi connectivity index (χ3n) is 2.47. The Bertz CT molecular complexity index is 535. The molecule has 0 aromatic heterocycles. The molecule has 4 nitrogen and oxygen atoms in total. The van der Waals surface area contributed by atoms with Gasteiger partial charge in [0.2, 0.25) is 10.0 Å². The first kappa shape index (κ1) is 15.9. The lowest BCUT2D eigenvalue weighted by atomic mass is 10.2. The maximum atomic E-state index is 12.9. The molecule has 0 heterocycles. The quantitative estimate of drug-likeness (QED) is 0.862. The summed E-state index contributed by atoms with van der Waals surface area (Å²) in [5.41, 5.74) is 5.39. The molecule has 1 rings (SSSR count). The van der Waals surface area contributed by atoms with Crippen molar-refractivity contribution in [3.63, 3.8) is 0 Å². The lowest BCUT2D eigenvalue weighted by molar-refractivity contribution is 0.120. The Morgan fingerprint density at radius 3 is 2.47 bits per heavy atom. The maximum Gasteiger partial charge on any atom is 0.252 e. The molecule has 19 heavy (non-hydrogen) atoms. The van der Waals surface area contributed by atoms with Crippen molar-refractivity contribution >= 4 is 10.0 Å². The Labute approximate surface area is 110 Å². The van der Waals surface area contributed by atoms with Gasteiger partial charge in [0.15, 0.2) is 0 Å². The highest BCUT2D eigenvalue weighted by Gasteiger charge is 2.28. The second-order valence-electron chi connectivity index (χ2n) is 3.95. The zero-order chi connectivity index (χ0) is 14.6. The van der Waals surface area contributed by atoms with E-state index in [-0.39, 0.29) is 23.5 Å². The Morgan fingerprint density at radius 1 is 1.37 bits per heavy atom. The van der Waals surface area contributed by atoms with E-state index in [9.17, 15) is 21.6 Å². The number of hydrogen-bond acceptors (Lipinski definition) is 3. The van der Waals surface area contributed by atoms with E-state index in [1.54, 1.807) is 0 Å². The largest absolute Gasteiger partial charge is 0.329 e. The van der Waals surface area contributed by atoms with Crippen LogP contribution in [0.15, 0.2) is 23.1 Å². The predicted octanol–water partition coefficient (Wildman–Crippen LogP) is 1.35. The number of halogens is 3. The van der Waals surface area contributed by atoms with Gasteiger partial charge in [-0.05, 0) is 30.7 Å². The Kier molecular flexibility index (Phi) is 5.33. The summed E-state index contributed by atoms with van der Waals surface area (Å²) in [5, 5.41) is 0. The van der Waals surface area contributed by atoms with Crippen molar-refractivity contribution in [3.8, 4) is 0 Å². The van der Waals surface area contributed by atoms with Gasteiger partial charge in [-0.15, -0.1) is 0 Å². The van der Waals surface area contributed by atoms with Crippen molar-refractivity contribution in [1.29, 1.82) is 0 Å². The molecule has 1 aromatic carbocycles. The number of alkyl halides is 2. The molecule has 0 atom stereocenters. The first-order valence-electron chi connectivity index (χ1n) is 5.53. The van der Waals surface area contributed by atoms with Crippen LogP contribution in [-0.4, -0.2) is 38.8 Å². The molecule has 0 spiro atoms. The fourth-order valence-corrected chi connectivity index (χ4v) is 3.29. The monoisotopic (exact) mass is 296 g/mol. The number of benzene rings is 1. The highest BCUT2D eigenvalue weighted by atomic mass is 32.2. The van der Waals surface area contributed by atoms with Crippen molar-refractivity contribution in [2.24, 2.45) is 5.73 Å². The molecule has 0 aliphatic carbocycles. The van der Waals surface area contributed by atoms with Gasteiger partial charge >= 0.3 is 0 Å². The van der Waals surface area contributed by atoms with Crippen LogP contribution in [0, 0.1) is 12.7 Å². The van der Waals surface area contributed by atoms with Crippen LogP contribution in [0.3, 0.4) is 0 Å². The number of rotatable bonds is 6. The zero-order valence-electron chi connectivity index (χ0n) is 10.3. The van der Waals surface area contributed by atoms with Gasteiger partial charge in [0.05, 0.1) is 11.4 Å². The van der Waals surface area contributed by atoms with Crippen LogP contribution >= 0.6 is 0 Å². The molecule has 0 amide bonds. The van der Waals surface area contributed by atoms with Gasteiger partial charge in [0.25, 0.3) is 6.43 Å². The van der Waals surface area contributed by atoms with Crippen LogP contribution < -0.4 is 5.73 Å². The molecule has 2 N–H and O–H groups in total. The summed E-state index contributed by atoms with van der Waals surface area (Å²) < 4.78 is 62.8. The molecule has 0 saturated carbocycles. The van der Waals surface area contributed by atoms with E-state index < -0.39 is 28.8 Å². The molecule has 0 unspecified atom stereocenters. The highest BCUT2D eigenvalue weighted by molar-refractivity contribution is 7.89. The van der Waals surface area contributed by atoms with Crippen molar-refractivity contribution in [3.05, 3.63) is 29.6 Å². The first-order chi connectivity index (χ1) is 8.78. The Balaban J connectivity index is 3.18.